The smallest absolute Gasteiger partial charge is 0.279 e. The van der Waals surface area contributed by atoms with Gasteiger partial charge in [-0.15, -0.1) is 0 Å². The maximum atomic E-state index is 13.5. The second-order valence-electron chi connectivity index (χ2n) is 5.99. The van der Waals surface area contributed by atoms with Crippen LogP contribution in [0.25, 0.3) is 0 Å². The molecule has 0 heterocycles. The van der Waals surface area contributed by atoms with Crippen LogP contribution in [0.5, 0.6) is 0 Å². The molecule has 0 radical (unpaired) electrons. The van der Waals surface area contributed by atoms with Crippen molar-refractivity contribution in [2.75, 3.05) is 18.9 Å². The van der Waals surface area contributed by atoms with Crippen LogP contribution in [0.15, 0.2) is 42.5 Å². The van der Waals surface area contributed by atoms with Crippen LogP contribution >= 0.6 is 0 Å². The number of likely N-dealkylation sites (N-methyl/N-ethyl adjacent to an activating group) is 1. The molecular weight excluding hydrogens is 291 g/mol. The van der Waals surface area contributed by atoms with Gasteiger partial charge in [-0.2, -0.15) is 0 Å². The Morgan fingerprint density at radius 3 is 2.39 bits per heavy atom. The summed E-state index contributed by atoms with van der Waals surface area (Å²) < 4.78 is 13.5. The van der Waals surface area contributed by atoms with Crippen LogP contribution in [0.1, 0.15) is 23.6 Å². The van der Waals surface area contributed by atoms with Gasteiger partial charge >= 0.3 is 0 Å². The Hall–Kier alpha value is -2.20. The van der Waals surface area contributed by atoms with Crippen LogP contribution in [0.3, 0.4) is 0 Å². The van der Waals surface area contributed by atoms with Gasteiger partial charge in [-0.3, -0.25) is 4.79 Å². The van der Waals surface area contributed by atoms with Gasteiger partial charge in [-0.05, 0) is 36.6 Å². The first-order valence-corrected chi connectivity index (χ1v) is 7.93. The molecule has 1 unspecified atom stereocenters. The van der Waals surface area contributed by atoms with E-state index in [0.29, 0.717) is 17.8 Å². The minimum atomic E-state index is -0.306. The van der Waals surface area contributed by atoms with Crippen LogP contribution in [0.2, 0.25) is 0 Å². The molecule has 1 atom stereocenters. The van der Waals surface area contributed by atoms with E-state index in [9.17, 15) is 9.18 Å². The van der Waals surface area contributed by atoms with Gasteiger partial charge in [-0.1, -0.05) is 37.3 Å². The predicted octanol–water partition coefficient (Wildman–Crippen LogP) is 2.35. The summed E-state index contributed by atoms with van der Waals surface area (Å²) in [4.78, 5) is 13.1. The normalized spacial score (nSPS) is 12.0. The Labute approximate surface area is 137 Å². The van der Waals surface area contributed by atoms with Crippen LogP contribution < -0.4 is 10.2 Å². The third kappa shape index (κ3) is 5.18. The van der Waals surface area contributed by atoms with E-state index in [0.717, 1.165) is 17.9 Å². The number of anilines is 1. The van der Waals surface area contributed by atoms with Crippen molar-refractivity contribution in [1.29, 1.82) is 0 Å². The molecule has 0 bridgehead atoms. The topological polar surface area (TPSA) is 33.5 Å². The fraction of sp³-hybridized carbons (Fsp3) is 0.316. The Morgan fingerprint density at radius 2 is 1.78 bits per heavy atom. The van der Waals surface area contributed by atoms with E-state index < -0.39 is 0 Å². The van der Waals surface area contributed by atoms with Crippen molar-refractivity contribution in [2.45, 2.75) is 26.8 Å². The summed E-state index contributed by atoms with van der Waals surface area (Å²) in [6.07, 6.45) is 1.03. The van der Waals surface area contributed by atoms with Gasteiger partial charge in [0.25, 0.3) is 5.91 Å². The zero-order valence-electron chi connectivity index (χ0n) is 13.9. The summed E-state index contributed by atoms with van der Waals surface area (Å²) in [6.45, 7) is 4.94. The number of aryl methyl sites for hydroxylation is 2. The molecule has 0 saturated carbocycles. The minimum absolute atomic E-state index is 0.115. The lowest BCUT2D eigenvalue weighted by atomic mass is 10.1. The number of carbonyl (C=O) groups is 1. The second-order valence-corrected chi connectivity index (χ2v) is 5.99. The number of rotatable bonds is 6. The summed E-state index contributed by atoms with van der Waals surface area (Å²) in [5.41, 5.74) is 3.58. The van der Waals surface area contributed by atoms with Crippen molar-refractivity contribution in [2.24, 2.45) is 0 Å². The Kier molecular flexibility index (Phi) is 5.88. The van der Waals surface area contributed by atoms with E-state index in [2.05, 4.69) is 36.5 Å². The summed E-state index contributed by atoms with van der Waals surface area (Å²) >= 11 is 0. The number of carbonyl (C=O) groups excluding carboxylic acids is 1. The largest absolute Gasteiger partial charge is 0.326 e. The number of amides is 1. The Morgan fingerprint density at radius 1 is 1.13 bits per heavy atom. The molecule has 4 heteroatoms. The number of halogens is 1. The lowest BCUT2D eigenvalue weighted by Gasteiger charge is -2.14. The summed E-state index contributed by atoms with van der Waals surface area (Å²) in [6, 6.07) is 13.2. The molecule has 2 rings (SSSR count). The van der Waals surface area contributed by atoms with E-state index in [4.69, 9.17) is 0 Å². The molecule has 0 aliphatic carbocycles. The highest BCUT2D eigenvalue weighted by atomic mass is 19.1. The average molecular weight is 315 g/mol. The Bertz CT molecular complexity index is 668. The maximum absolute atomic E-state index is 13.5. The molecule has 2 aromatic rings. The molecule has 0 fully saturated rings. The average Bonchev–Trinajstić information content (AvgIpc) is 2.51. The van der Waals surface area contributed by atoms with Crippen molar-refractivity contribution >= 4 is 11.6 Å². The highest BCUT2D eigenvalue weighted by molar-refractivity contribution is 5.91. The molecular formula is C19H24FN2O+. The van der Waals surface area contributed by atoms with Crippen LogP contribution in [-0.2, 0) is 17.8 Å². The lowest BCUT2D eigenvalue weighted by Crippen LogP contribution is -3.08. The lowest BCUT2D eigenvalue weighted by molar-refractivity contribution is -0.885. The summed E-state index contributed by atoms with van der Waals surface area (Å²) in [7, 11) is 1.98. The zero-order valence-corrected chi connectivity index (χ0v) is 13.9. The molecule has 2 N–H and O–H groups in total. The molecule has 2 aromatic carbocycles. The highest BCUT2D eigenvalue weighted by Crippen LogP contribution is 2.13. The fourth-order valence-electron chi connectivity index (χ4n) is 2.45. The third-order valence-electron chi connectivity index (χ3n) is 3.86. The van der Waals surface area contributed by atoms with Gasteiger partial charge in [0.05, 0.1) is 7.05 Å². The predicted molar refractivity (Wildman–Crippen MR) is 91.0 cm³/mol. The van der Waals surface area contributed by atoms with E-state index in [1.165, 1.54) is 17.2 Å². The third-order valence-corrected chi connectivity index (χ3v) is 3.86. The summed E-state index contributed by atoms with van der Waals surface area (Å²) in [5.74, 6) is -0.421. The van der Waals surface area contributed by atoms with E-state index >= 15 is 0 Å². The molecule has 0 aromatic heterocycles. The van der Waals surface area contributed by atoms with Gasteiger partial charge < -0.3 is 10.2 Å². The Balaban J connectivity index is 1.87. The molecule has 0 saturated heterocycles. The first-order chi connectivity index (χ1) is 11.0. The number of benzene rings is 2. The van der Waals surface area contributed by atoms with Crippen molar-refractivity contribution < 1.29 is 14.1 Å². The second kappa shape index (κ2) is 7.88. The van der Waals surface area contributed by atoms with E-state index in [-0.39, 0.29) is 11.7 Å². The molecule has 0 spiro atoms. The molecule has 23 heavy (non-hydrogen) atoms. The van der Waals surface area contributed by atoms with Crippen molar-refractivity contribution in [1.82, 2.24) is 0 Å². The zero-order chi connectivity index (χ0) is 16.8. The first kappa shape index (κ1) is 17.2. The van der Waals surface area contributed by atoms with E-state index in [1.54, 1.807) is 19.1 Å². The number of nitrogens with one attached hydrogen (secondary N) is 2. The molecule has 0 aliphatic rings. The standard InChI is InChI=1S/C19H23FN2O/c1-4-15-6-8-16(9-7-15)12-22(3)13-19(23)21-17-10-5-14(2)18(20)11-17/h5-11H,4,12-13H2,1-3H3,(H,21,23)/p+1. The van der Waals surface area contributed by atoms with Gasteiger partial charge in [0.15, 0.2) is 6.54 Å². The number of hydrogen-bond acceptors (Lipinski definition) is 1. The maximum Gasteiger partial charge on any atom is 0.279 e. The first-order valence-electron chi connectivity index (χ1n) is 7.93. The summed E-state index contributed by atoms with van der Waals surface area (Å²) in [5, 5.41) is 2.75. The van der Waals surface area contributed by atoms with Gasteiger partial charge in [-0.25, -0.2) is 4.39 Å². The SMILES string of the molecule is CCc1ccc(C[NH+](C)CC(=O)Nc2ccc(C)c(F)c2)cc1. The van der Waals surface area contributed by atoms with Crippen molar-refractivity contribution in [3.05, 3.63) is 65.0 Å². The minimum Gasteiger partial charge on any atom is -0.326 e. The van der Waals surface area contributed by atoms with Crippen molar-refractivity contribution in [3.8, 4) is 0 Å². The number of hydrogen-bond donors (Lipinski definition) is 2. The van der Waals surface area contributed by atoms with Crippen LogP contribution in [0, 0.1) is 12.7 Å². The highest BCUT2D eigenvalue weighted by Gasteiger charge is 2.11. The molecule has 3 nitrogen and oxygen atoms in total. The fourth-order valence-corrected chi connectivity index (χ4v) is 2.45. The number of quaternary nitrogens is 1. The van der Waals surface area contributed by atoms with Gasteiger partial charge in [0, 0.05) is 11.3 Å². The van der Waals surface area contributed by atoms with Crippen LogP contribution in [0.4, 0.5) is 10.1 Å². The molecule has 122 valence electrons. The quantitative estimate of drug-likeness (QED) is 0.843. The monoisotopic (exact) mass is 315 g/mol. The molecule has 0 aliphatic heterocycles. The van der Waals surface area contributed by atoms with Gasteiger partial charge in [0.1, 0.15) is 12.4 Å². The van der Waals surface area contributed by atoms with E-state index in [1.807, 2.05) is 7.05 Å². The van der Waals surface area contributed by atoms with Crippen LogP contribution in [-0.4, -0.2) is 19.5 Å². The van der Waals surface area contributed by atoms with Gasteiger partial charge in [0.2, 0.25) is 0 Å². The molecule has 1 amide bonds. The van der Waals surface area contributed by atoms with Crippen molar-refractivity contribution in [3.63, 3.8) is 0 Å².